The van der Waals surface area contributed by atoms with Gasteiger partial charge in [0.1, 0.15) is 17.4 Å². The smallest absolute Gasteiger partial charge is 0.324 e. The van der Waals surface area contributed by atoms with Crippen molar-refractivity contribution in [2.24, 2.45) is 0 Å². The summed E-state index contributed by atoms with van der Waals surface area (Å²) in [6, 6.07) is 16.0. The quantitative estimate of drug-likeness (QED) is 0.524. The van der Waals surface area contributed by atoms with Crippen molar-refractivity contribution in [1.29, 1.82) is 0 Å². The molecule has 0 saturated carbocycles. The minimum atomic E-state index is 0.523. The van der Waals surface area contributed by atoms with Gasteiger partial charge in [0.15, 0.2) is 0 Å². The van der Waals surface area contributed by atoms with Crippen LogP contribution in [0.4, 0.5) is 11.8 Å². The molecule has 0 unspecified atom stereocenters. The van der Waals surface area contributed by atoms with Gasteiger partial charge in [0.2, 0.25) is 5.82 Å². The van der Waals surface area contributed by atoms with Crippen LogP contribution in [0, 0.1) is 0 Å². The molecule has 0 amide bonds. The van der Waals surface area contributed by atoms with Gasteiger partial charge in [0.05, 0.1) is 19.2 Å². The number of methoxy groups -OCH3 is 1. The molecule has 158 valence electrons. The predicted molar refractivity (Wildman–Crippen MR) is 118 cm³/mol. The number of benzene rings is 2. The van der Waals surface area contributed by atoms with Crippen LogP contribution < -0.4 is 15.4 Å². The first-order valence-electron chi connectivity index (χ1n) is 10.2. The van der Waals surface area contributed by atoms with Gasteiger partial charge in [0, 0.05) is 37.1 Å². The van der Waals surface area contributed by atoms with E-state index in [0.717, 1.165) is 54.2 Å². The summed E-state index contributed by atoms with van der Waals surface area (Å²) in [7, 11) is 1.64. The van der Waals surface area contributed by atoms with E-state index in [1.165, 1.54) is 0 Å². The van der Waals surface area contributed by atoms with E-state index in [-0.39, 0.29) is 0 Å². The highest BCUT2D eigenvalue weighted by molar-refractivity contribution is 5.87. The van der Waals surface area contributed by atoms with Crippen LogP contribution in [0.1, 0.15) is 5.82 Å². The Balaban J connectivity index is 1.23. The third-order valence-corrected chi connectivity index (χ3v) is 5.43. The maximum atomic E-state index is 6.12. The van der Waals surface area contributed by atoms with Crippen molar-refractivity contribution in [3.05, 3.63) is 54.4 Å². The van der Waals surface area contributed by atoms with Gasteiger partial charge in [0.25, 0.3) is 0 Å². The third-order valence-electron chi connectivity index (χ3n) is 5.43. The number of nitrogens with zero attached hydrogens (tertiary/aromatic N) is 6. The van der Waals surface area contributed by atoms with Crippen LogP contribution in [-0.2, 0) is 6.54 Å². The van der Waals surface area contributed by atoms with Gasteiger partial charge >= 0.3 is 6.01 Å². The van der Waals surface area contributed by atoms with Gasteiger partial charge in [-0.05, 0) is 24.3 Å². The average Bonchev–Trinajstić information content (AvgIpc) is 3.30. The number of anilines is 2. The lowest BCUT2D eigenvalue weighted by Crippen LogP contribution is -2.46. The zero-order chi connectivity index (χ0) is 21.2. The maximum absolute atomic E-state index is 6.12. The zero-order valence-electron chi connectivity index (χ0n) is 17.2. The lowest BCUT2D eigenvalue weighted by Gasteiger charge is -2.33. The first-order chi connectivity index (χ1) is 15.2. The topological polar surface area (TPSA) is 106 Å². The summed E-state index contributed by atoms with van der Waals surface area (Å²) in [4.78, 5) is 18.1. The number of piperazine rings is 1. The van der Waals surface area contributed by atoms with Gasteiger partial charge in [-0.15, -0.1) is 0 Å². The van der Waals surface area contributed by atoms with Crippen molar-refractivity contribution in [2.75, 3.05) is 43.9 Å². The average molecular weight is 417 g/mol. The summed E-state index contributed by atoms with van der Waals surface area (Å²) in [6.45, 7) is 3.90. The minimum Gasteiger partial charge on any atom is -0.497 e. The molecule has 9 nitrogen and oxygen atoms in total. The number of fused-ring (bicyclic) bond motifs is 1. The van der Waals surface area contributed by atoms with Gasteiger partial charge in [-0.2, -0.15) is 4.98 Å². The molecule has 9 heteroatoms. The van der Waals surface area contributed by atoms with E-state index >= 15 is 0 Å². The largest absolute Gasteiger partial charge is 0.497 e. The number of ether oxygens (including phenoxy) is 1. The van der Waals surface area contributed by atoms with Gasteiger partial charge < -0.3 is 19.9 Å². The number of hydrogen-bond acceptors (Lipinski definition) is 9. The van der Waals surface area contributed by atoms with Crippen molar-refractivity contribution in [3.63, 3.8) is 0 Å². The highest BCUT2D eigenvalue weighted by Crippen LogP contribution is 2.24. The Labute approximate surface area is 179 Å². The summed E-state index contributed by atoms with van der Waals surface area (Å²) in [5.74, 6) is 2.57. The molecule has 0 radical (unpaired) electrons. The summed E-state index contributed by atoms with van der Waals surface area (Å²) in [6.07, 6.45) is 0. The fourth-order valence-corrected chi connectivity index (χ4v) is 3.74. The van der Waals surface area contributed by atoms with Gasteiger partial charge in [-0.3, -0.25) is 4.90 Å². The second kappa shape index (κ2) is 8.19. The highest BCUT2D eigenvalue weighted by atomic mass is 16.5. The number of para-hydroxylation sites is 1. The van der Waals surface area contributed by atoms with Crippen molar-refractivity contribution in [2.45, 2.75) is 6.54 Å². The number of rotatable bonds is 5. The summed E-state index contributed by atoms with van der Waals surface area (Å²) in [5, 5.41) is 5.02. The number of nitrogens with two attached hydrogens (primary N) is 1. The molecule has 3 heterocycles. The molecular formula is C22H23N7O2. The Morgan fingerprint density at radius 2 is 1.84 bits per heavy atom. The summed E-state index contributed by atoms with van der Waals surface area (Å²) < 4.78 is 10.8. The fraction of sp³-hybridized carbons (Fsp3) is 0.273. The van der Waals surface area contributed by atoms with E-state index in [0.29, 0.717) is 24.2 Å². The van der Waals surface area contributed by atoms with Crippen LogP contribution in [0.15, 0.2) is 53.1 Å². The van der Waals surface area contributed by atoms with Crippen LogP contribution in [0.5, 0.6) is 5.75 Å². The molecule has 1 fully saturated rings. The predicted octanol–water partition coefficient (Wildman–Crippen LogP) is 2.59. The zero-order valence-corrected chi connectivity index (χ0v) is 17.2. The van der Waals surface area contributed by atoms with E-state index in [2.05, 4.69) is 29.9 Å². The van der Waals surface area contributed by atoms with Crippen LogP contribution in [0.2, 0.25) is 0 Å². The van der Waals surface area contributed by atoms with E-state index in [1.54, 1.807) is 7.11 Å². The Morgan fingerprint density at radius 3 is 2.68 bits per heavy atom. The number of nitrogen functional groups attached to an aromatic ring is 1. The van der Waals surface area contributed by atoms with E-state index in [4.69, 9.17) is 15.0 Å². The first kappa shape index (κ1) is 19.3. The molecule has 31 heavy (non-hydrogen) atoms. The van der Waals surface area contributed by atoms with Crippen molar-refractivity contribution < 1.29 is 9.26 Å². The molecule has 4 aromatic rings. The number of hydrogen-bond donors (Lipinski definition) is 1. The molecule has 1 aliphatic heterocycles. The van der Waals surface area contributed by atoms with Gasteiger partial charge in [-0.1, -0.05) is 29.4 Å². The molecule has 1 saturated heterocycles. The first-order valence-corrected chi connectivity index (χ1v) is 10.2. The summed E-state index contributed by atoms with van der Waals surface area (Å²) >= 11 is 0. The molecule has 5 rings (SSSR count). The van der Waals surface area contributed by atoms with Crippen molar-refractivity contribution in [3.8, 4) is 17.1 Å². The van der Waals surface area contributed by atoms with Crippen LogP contribution >= 0.6 is 0 Å². The molecule has 2 N–H and O–H groups in total. The molecule has 0 spiro atoms. The molecule has 0 atom stereocenters. The Bertz CT molecular complexity index is 1200. The number of aromatic nitrogens is 4. The molecule has 2 aromatic heterocycles. The minimum absolute atomic E-state index is 0.523. The lowest BCUT2D eigenvalue weighted by atomic mass is 10.2. The molecule has 2 aromatic carbocycles. The fourth-order valence-electron chi connectivity index (χ4n) is 3.74. The van der Waals surface area contributed by atoms with Crippen molar-refractivity contribution in [1.82, 2.24) is 25.0 Å². The molecule has 0 aliphatic carbocycles. The molecule has 1 aliphatic rings. The van der Waals surface area contributed by atoms with Crippen LogP contribution in [0.25, 0.3) is 22.3 Å². The Kier molecular flexibility index (Phi) is 5.09. The monoisotopic (exact) mass is 417 g/mol. The highest BCUT2D eigenvalue weighted by Gasteiger charge is 2.23. The van der Waals surface area contributed by atoms with E-state index in [1.807, 2.05) is 48.5 Å². The molecule has 0 bridgehead atoms. The maximum Gasteiger partial charge on any atom is 0.324 e. The Morgan fingerprint density at radius 1 is 1.00 bits per heavy atom. The van der Waals surface area contributed by atoms with E-state index < -0.39 is 0 Å². The standard InChI is InChI=1S/C22H23N7O2/c1-30-16-6-4-5-15(13-16)21-26-22(31-27-21)29-11-9-28(10-12-29)14-19-24-18-8-3-2-7-17(18)20(23)25-19/h2-8,13H,9-12,14H2,1H3,(H2,23,24,25). The van der Waals surface area contributed by atoms with Crippen molar-refractivity contribution >= 4 is 22.7 Å². The van der Waals surface area contributed by atoms with Crippen LogP contribution in [0.3, 0.4) is 0 Å². The van der Waals surface area contributed by atoms with E-state index in [9.17, 15) is 0 Å². The normalized spacial score (nSPS) is 14.8. The van der Waals surface area contributed by atoms with Crippen LogP contribution in [-0.4, -0.2) is 58.3 Å². The van der Waals surface area contributed by atoms with Gasteiger partial charge in [-0.25, -0.2) is 9.97 Å². The second-order valence-electron chi connectivity index (χ2n) is 7.44. The second-order valence-corrected chi connectivity index (χ2v) is 7.44. The molecular weight excluding hydrogens is 394 g/mol. The third kappa shape index (κ3) is 3.99. The Hall–Kier alpha value is -3.72. The lowest BCUT2D eigenvalue weighted by molar-refractivity contribution is 0.237. The SMILES string of the molecule is COc1cccc(-c2noc(N3CCN(Cc4nc(N)c5ccccc5n4)CC3)n2)c1. The summed E-state index contributed by atoms with van der Waals surface area (Å²) in [5.41, 5.74) is 7.85.